The molecule has 1 aliphatic heterocycles. The summed E-state index contributed by atoms with van der Waals surface area (Å²) >= 11 is 0. The van der Waals surface area contributed by atoms with E-state index in [0.29, 0.717) is 0 Å². The van der Waals surface area contributed by atoms with E-state index in [2.05, 4.69) is 29.4 Å². The standard InChI is InChI=1S/C15H18N2O/c1-15(8-4-9-17-15)12-7-10-16-14-11(12)5-3-6-13(14)18-2/h3,5-7,10,17H,4,8-9H2,1-2H3. The average Bonchev–Trinajstić information content (AvgIpc) is 2.85. The maximum absolute atomic E-state index is 5.40. The molecule has 0 amide bonds. The Morgan fingerprint density at radius 2 is 2.22 bits per heavy atom. The van der Waals surface area contributed by atoms with Crippen LogP contribution in [-0.2, 0) is 5.54 Å². The van der Waals surface area contributed by atoms with E-state index in [9.17, 15) is 0 Å². The van der Waals surface area contributed by atoms with Crippen molar-refractivity contribution in [3.05, 3.63) is 36.0 Å². The molecule has 18 heavy (non-hydrogen) atoms. The average molecular weight is 242 g/mol. The number of aromatic nitrogens is 1. The topological polar surface area (TPSA) is 34.1 Å². The second kappa shape index (κ2) is 4.25. The zero-order chi connectivity index (χ0) is 12.6. The number of benzene rings is 1. The van der Waals surface area contributed by atoms with Crippen LogP contribution >= 0.6 is 0 Å². The highest BCUT2D eigenvalue weighted by atomic mass is 16.5. The predicted octanol–water partition coefficient (Wildman–Crippen LogP) is 2.84. The van der Waals surface area contributed by atoms with Gasteiger partial charge in [0.1, 0.15) is 11.3 Å². The van der Waals surface area contributed by atoms with Crippen molar-refractivity contribution in [1.82, 2.24) is 10.3 Å². The summed E-state index contributed by atoms with van der Waals surface area (Å²) < 4.78 is 5.40. The summed E-state index contributed by atoms with van der Waals surface area (Å²) in [4.78, 5) is 4.46. The fraction of sp³-hybridized carbons (Fsp3) is 0.400. The number of methoxy groups -OCH3 is 1. The van der Waals surface area contributed by atoms with Crippen LogP contribution in [0.5, 0.6) is 5.75 Å². The number of para-hydroxylation sites is 1. The summed E-state index contributed by atoms with van der Waals surface area (Å²) in [6, 6.07) is 8.25. The van der Waals surface area contributed by atoms with Crippen LogP contribution in [0.25, 0.3) is 10.9 Å². The van der Waals surface area contributed by atoms with Gasteiger partial charge in [-0.1, -0.05) is 12.1 Å². The highest BCUT2D eigenvalue weighted by Gasteiger charge is 2.31. The third-order valence-electron chi connectivity index (χ3n) is 3.92. The van der Waals surface area contributed by atoms with Gasteiger partial charge in [-0.05, 0) is 44.0 Å². The summed E-state index contributed by atoms with van der Waals surface area (Å²) in [5, 5.41) is 4.80. The maximum Gasteiger partial charge on any atom is 0.145 e. The lowest BCUT2D eigenvalue weighted by molar-refractivity contribution is 0.418. The molecule has 94 valence electrons. The normalized spacial score (nSPS) is 23.4. The third kappa shape index (κ3) is 1.66. The van der Waals surface area contributed by atoms with Crippen molar-refractivity contribution >= 4 is 10.9 Å². The molecule has 2 heterocycles. The molecule has 0 spiro atoms. The number of ether oxygens (including phenoxy) is 1. The van der Waals surface area contributed by atoms with Gasteiger partial charge in [-0.25, -0.2) is 0 Å². The Kier molecular flexibility index (Phi) is 2.71. The van der Waals surface area contributed by atoms with Gasteiger partial charge in [0.2, 0.25) is 0 Å². The first kappa shape index (κ1) is 11.5. The molecule has 1 aromatic carbocycles. The Hall–Kier alpha value is -1.61. The quantitative estimate of drug-likeness (QED) is 0.879. The van der Waals surface area contributed by atoms with Crippen LogP contribution < -0.4 is 10.1 Å². The van der Waals surface area contributed by atoms with Gasteiger partial charge in [-0.15, -0.1) is 0 Å². The second-order valence-electron chi connectivity index (χ2n) is 5.08. The van der Waals surface area contributed by atoms with Gasteiger partial charge in [-0.3, -0.25) is 4.98 Å². The molecule has 1 fully saturated rings. The minimum absolute atomic E-state index is 0.0631. The first-order chi connectivity index (χ1) is 8.74. The van der Waals surface area contributed by atoms with E-state index >= 15 is 0 Å². The van der Waals surface area contributed by atoms with Gasteiger partial charge in [0.15, 0.2) is 0 Å². The molecule has 1 unspecified atom stereocenters. The molecule has 2 aromatic rings. The third-order valence-corrected chi connectivity index (χ3v) is 3.92. The van der Waals surface area contributed by atoms with Crippen LogP contribution in [0.4, 0.5) is 0 Å². The minimum Gasteiger partial charge on any atom is -0.494 e. The summed E-state index contributed by atoms with van der Waals surface area (Å²) in [5.41, 5.74) is 2.34. The lowest BCUT2D eigenvalue weighted by atomic mass is 9.88. The summed E-state index contributed by atoms with van der Waals surface area (Å²) in [5.74, 6) is 0.843. The number of hydrogen-bond donors (Lipinski definition) is 1. The van der Waals surface area contributed by atoms with Crippen molar-refractivity contribution in [3.8, 4) is 5.75 Å². The second-order valence-corrected chi connectivity index (χ2v) is 5.08. The SMILES string of the molecule is COc1cccc2c(C3(C)CCCN3)ccnc12. The first-order valence-electron chi connectivity index (χ1n) is 6.42. The van der Waals surface area contributed by atoms with E-state index in [4.69, 9.17) is 4.74 Å². The van der Waals surface area contributed by atoms with Gasteiger partial charge in [-0.2, -0.15) is 0 Å². The summed E-state index contributed by atoms with van der Waals surface area (Å²) in [7, 11) is 1.69. The van der Waals surface area contributed by atoms with Gasteiger partial charge in [0.05, 0.1) is 7.11 Å². The number of nitrogens with zero attached hydrogens (tertiary/aromatic N) is 1. The molecule has 1 aliphatic rings. The van der Waals surface area contributed by atoms with Crippen LogP contribution in [0, 0.1) is 0 Å². The fourth-order valence-corrected chi connectivity index (χ4v) is 2.92. The van der Waals surface area contributed by atoms with Crippen LogP contribution in [0.3, 0.4) is 0 Å². The number of fused-ring (bicyclic) bond motifs is 1. The van der Waals surface area contributed by atoms with Crippen molar-refractivity contribution in [2.24, 2.45) is 0 Å². The lowest BCUT2D eigenvalue weighted by Crippen LogP contribution is -2.33. The Morgan fingerprint density at radius 1 is 1.33 bits per heavy atom. The first-order valence-corrected chi connectivity index (χ1v) is 6.42. The Balaban J connectivity index is 2.24. The molecule has 1 N–H and O–H groups in total. The molecule has 0 aliphatic carbocycles. The number of hydrogen-bond acceptors (Lipinski definition) is 3. The monoisotopic (exact) mass is 242 g/mol. The van der Waals surface area contributed by atoms with Crippen molar-refractivity contribution in [2.45, 2.75) is 25.3 Å². The Morgan fingerprint density at radius 3 is 2.94 bits per heavy atom. The zero-order valence-corrected chi connectivity index (χ0v) is 10.9. The molecule has 0 radical (unpaired) electrons. The Bertz CT molecular complexity index is 574. The molecule has 3 rings (SSSR count). The van der Waals surface area contributed by atoms with Crippen molar-refractivity contribution in [1.29, 1.82) is 0 Å². The highest BCUT2D eigenvalue weighted by Crippen LogP contribution is 2.36. The fourth-order valence-electron chi connectivity index (χ4n) is 2.92. The zero-order valence-electron chi connectivity index (χ0n) is 10.9. The van der Waals surface area contributed by atoms with Crippen molar-refractivity contribution in [2.75, 3.05) is 13.7 Å². The molecular formula is C15H18N2O. The Labute approximate surface area is 107 Å². The van der Waals surface area contributed by atoms with Gasteiger partial charge in [0, 0.05) is 17.1 Å². The van der Waals surface area contributed by atoms with Crippen LogP contribution in [0.2, 0.25) is 0 Å². The van der Waals surface area contributed by atoms with Crippen molar-refractivity contribution in [3.63, 3.8) is 0 Å². The number of pyridine rings is 1. The molecule has 1 atom stereocenters. The van der Waals surface area contributed by atoms with E-state index in [1.165, 1.54) is 23.8 Å². The molecule has 0 saturated carbocycles. The number of rotatable bonds is 2. The maximum atomic E-state index is 5.40. The van der Waals surface area contributed by atoms with E-state index in [-0.39, 0.29) is 5.54 Å². The van der Waals surface area contributed by atoms with Gasteiger partial charge >= 0.3 is 0 Å². The molecule has 1 saturated heterocycles. The molecule has 3 nitrogen and oxygen atoms in total. The largest absolute Gasteiger partial charge is 0.494 e. The molecule has 3 heteroatoms. The highest BCUT2D eigenvalue weighted by molar-refractivity contribution is 5.88. The molecule has 1 aromatic heterocycles. The minimum atomic E-state index is 0.0631. The van der Waals surface area contributed by atoms with Crippen LogP contribution in [0.1, 0.15) is 25.3 Å². The van der Waals surface area contributed by atoms with E-state index in [1.807, 2.05) is 18.3 Å². The lowest BCUT2D eigenvalue weighted by Gasteiger charge is -2.26. The van der Waals surface area contributed by atoms with Crippen LogP contribution in [-0.4, -0.2) is 18.6 Å². The summed E-state index contributed by atoms with van der Waals surface area (Å²) in [6.07, 6.45) is 4.28. The summed E-state index contributed by atoms with van der Waals surface area (Å²) in [6.45, 7) is 3.36. The smallest absolute Gasteiger partial charge is 0.145 e. The van der Waals surface area contributed by atoms with E-state index in [1.54, 1.807) is 7.11 Å². The van der Waals surface area contributed by atoms with E-state index in [0.717, 1.165) is 17.8 Å². The van der Waals surface area contributed by atoms with Gasteiger partial charge in [0.25, 0.3) is 0 Å². The van der Waals surface area contributed by atoms with Crippen molar-refractivity contribution < 1.29 is 4.74 Å². The molecular weight excluding hydrogens is 224 g/mol. The van der Waals surface area contributed by atoms with Crippen LogP contribution in [0.15, 0.2) is 30.5 Å². The molecule has 0 bridgehead atoms. The predicted molar refractivity (Wildman–Crippen MR) is 72.9 cm³/mol. The number of nitrogens with one attached hydrogen (secondary N) is 1. The van der Waals surface area contributed by atoms with Gasteiger partial charge < -0.3 is 10.1 Å². The van der Waals surface area contributed by atoms with E-state index < -0.39 is 0 Å².